The van der Waals surface area contributed by atoms with Crippen molar-refractivity contribution in [3.63, 3.8) is 0 Å². The summed E-state index contributed by atoms with van der Waals surface area (Å²) in [6.07, 6.45) is 0.445. The molecule has 2 rings (SSSR count). The first-order valence-corrected chi connectivity index (χ1v) is 8.72. The van der Waals surface area contributed by atoms with Crippen LogP contribution in [0.1, 0.15) is 18.9 Å². The average molecular weight is 331 g/mol. The molecular weight excluding hydrogens is 312 g/mol. The molecule has 0 aromatic heterocycles. The van der Waals surface area contributed by atoms with E-state index in [-0.39, 0.29) is 10.8 Å². The van der Waals surface area contributed by atoms with Gasteiger partial charge in [0.15, 0.2) is 0 Å². The molecule has 5 nitrogen and oxygen atoms in total. The zero-order valence-electron chi connectivity index (χ0n) is 12.2. The van der Waals surface area contributed by atoms with Crippen LogP contribution in [0.4, 0.5) is 0 Å². The van der Waals surface area contributed by atoms with Crippen LogP contribution in [0.25, 0.3) is 0 Å². The lowest BCUT2D eigenvalue weighted by Gasteiger charge is -2.34. The van der Waals surface area contributed by atoms with E-state index in [1.165, 1.54) is 10.4 Å². The minimum Gasteiger partial charge on any atom is -0.340 e. The van der Waals surface area contributed by atoms with Gasteiger partial charge in [-0.3, -0.25) is 4.79 Å². The van der Waals surface area contributed by atoms with Crippen molar-refractivity contribution in [2.75, 3.05) is 26.2 Å². The van der Waals surface area contributed by atoms with Gasteiger partial charge in [-0.05, 0) is 24.6 Å². The summed E-state index contributed by atoms with van der Waals surface area (Å²) in [6.45, 7) is 5.14. The number of halogens is 1. The molecule has 1 fully saturated rings. The fourth-order valence-corrected chi connectivity index (χ4v) is 3.98. The Balaban J connectivity index is 2.14. The van der Waals surface area contributed by atoms with Gasteiger partial charge in [-0.25, -0.2) is 8.42 Å². The van der Waals surface area contributed by atoms with E-state index in [0.29, 0.717) is 37.6 Å². The van der Waals surface area contributed by atoms with Crippen molar-refractivity contribution in [1.82, 2.24) is 9.21 Å². The van der Waals surface area contributed by atoms with Gasteiger partial charge in [0.25, 0.3) is 0 Å². The second-order valence-corrected chi connectivity index (χ2v) is 7.39. The number of piperazine rings is 1. The van der Waals surface area contributed by atoms with Crippen LogP contribution in [0.3, 0.4) is 0 Å². The summed E-state index contributed by atoms with van der Waals surface area (Å²) < 4.78 is 26.5. The van der Waals surface area contributed by atoms with Crippen LogP contribution in [-0.4, -0.2) is 49.7 Å². The summed E-state index contributed by atoms with van der Waals surface area (Å²) in [4.78, 5) is 13.5. The van der Waals surface area contributed by atoms with Crippen molar-refractivity contribution in [1.29, 1.82) is 0 Å². The molecule has 1 saturated heterocycles. The van der Waals surface area contributed by atoms with Gasteiger partial charge in [-0.2, -0.15) is 4.31 Å². The minimum atomic E-state index is -3.55. The first kappa shape index (κ1) is 16.3. The van der Waals surface area contributed by atoms with Gasteiger partial charge in [0, 0.05) is 37.6 Å². The van der Waals surface area contributed by atoms with Crippen molar-refractivity contribution >= 4 is 27.5 Å². The maximum atomic E-state index is 12.6. The molecule has 1 amide bonds. The molecule has 1 aromatic carbocycles. The molecule has 0 bridgehead atoms. The maximum Gasteiger partial charge on any atom is 0.243 e. The molecule has 0 saturated carbocycles. The molecule has 116 valence electrons. The van der Waals surface area contributed by atoms with Crippen LogP contribution in [-0.2, 0) is 14.8 Å². The van der Waals surface area contributed by atoms with E-state index < -0.39 is 10.0 Å². The van der Waals surface area contributed by atoms with Crippen LogP contribution in [0.5, 0.6) is 0 Å². The quantitative estimate of drug-likeness (QED) is 0.850. The van der Waals surface area contributed by atoms with E-state index in [9.17, 15) is 13.2 Å². The fourth-order valence-electron chi connectivity index (χ4n) is 2.28. The molecule has 1 heterocycles. The van der Waals surface area contributed by atoms with Crippen LogP contribution < -0.4 is 0 Å². The largest absolute Gasteiger partial charge is 0.340 e. The van der Waals surface area contributed by atoms with Crippen molar-refractivity contribution in [3.8, 4) is 0 Å². The summed E-state index contributed by atoms with van der Waals surface area (Å²) in [5.41, 5.74) is 0.842. The van der Waals surface area contributed by atoms with E-state index >= 15 is 0 Å². The molecule has 1 aliphatic rings. The molecule has 7 heteroatoms. The Labute approximate surface area is 130 Å². The highest BCUT2D eigenvalue weighted by molar-refractivity contribution is 7.89. The SMILES string of the molecule is CCC(=O)N1CCN(S(=O)(=O)c2ccc(C)c(Cl)c2)CC1. The van der Waals surface area contributed by atoms with Gasteiger partial charge < -0.3 is 4.90 Å². The number of amides is 1. The van der Waals surface area contributed by atoms with Gasteiger partial charge in [0.05, 0.1) is 4.90 Å². The molecule has 21 heavy (non-hydrogen) atoms. The average Bonchev–Trinajstić information content (AvgIpc) is 2.49. The molecule has 0 N–H and O–H groups in total. The molecule has 0 radical (unpaired) electrons. The third-order valence-electron chi connectivity index (χ3n) is 3.67. The number of aryl methyl sites for hydroxylation is 1. The summed E-state index contributed by atoms with van der Waals surface area (Å²) in [5, 5.41) is 0.441. The van der Waals surface area contributed by atoms with E-state index in [0.717, 1.165) is 5.56 Å². The molecule has 1 aliphatic heterocycles. The van der Waals surface area contributed by atoms with Gasteiger partial charge in [-0.1, -0.05) is 24.6 Å². The van der Waals surface area contributed by atoms with E-state index in [2.05, 4.69) is 0 Å². The lowest BCUT2D eigenvalue weighted by Crippen LogP contribution is -2.50. The molecule has 0 spiro atoms. The third kappa shape index (κ3) is 3.39. The third-order valence-corrected chi connectivity index (χ3v) is 5.98. The van der Waals surface area contributed by atoms with E-state index in [1.807, 2.05) is 6.92 Å². The smallest absolute Gasteiger partial charge is 0.243 e. The minimum absolute atomic E-state index is 0.0606. The summed E-state index contributed by atoms with van der Waals surface area (Å²) in [6, 6.07) is 4.75. The van der Waals surface area contributed by atoms with E-state index in [4.69, 9.17) is 11.6 Å². The molecular formula is C14H19ClN2O3S. The number of rotatable bonds is 3. The van der Waals surface area contributed by atoms with E-state index in [1.54, 1.807) is 24.0 Å². The highest BCUT2D eigenvalue weighted by Crippen LogP contribution is 2.23. The predicted molar refractivity (Wildman–Crippen MR) is 81.8 cm³/mol. The number of hydrogen-bond acceptors (Lipinski definition) is 3. The van der Waals surface area contributed by atoms with Crippen LogP contribution in [0.15, 0.2) is 23.1 Å². The molecule has 0 unspecified atom stereocenters. The van der Waals surface area contributed by atoms with Crippen LogP contribution in [0.2, 0.25) is 5.02 Å². The zero-order valence-corrected chi connectivity index (χ0v) is 13.7. The Morgan fingerprint density at radius 3 is 2.38 bits per heavy atom. The summed E-state index contributed by atoms with van der Waals surface area (Å²) in [7, 11) is -3.55. The summed E-state index contributed by atoms with van der Waals surface area (Å²) in [5.74, 6) is 0.0606. The zero-order chi connectivity index (χ0) is 15.6. The monoisotopic (exact) mass is 330 g/mol. The van der Waals surface area contributed by atoms with Crippen LogP contribution in [0, 0.1) is 6.92 Å². The Hall–Kier alpha value is -1.11. The molecule has 1 aromatic rings. The Bertz CT molecular complexity index is 638. The highest BCUT2D eigenvalue weighted by atomic mass is 35.5. The molecule has 0 aliphatic carbocycles. The Kier molecular flexibility index (Phi) is 4.91. The maximum absolute atomic E-state index is 12.6. The standard InChI is InChI=1S/C14H19ClN2O3S/c1-3-14(18)16-6-8-17(9-7-16)21(19,20)12-5-4-11(2)13(15)10-12/h4-5,10H,3,6-9H2,1-2H3. The Morgan fingerprint density at radius 1 is 1.24 bits per heavy atom. The Morgan fingerprint density at radius 2 is 1.86 bits per heavy atom. The molecule has 0 atom stereocenters. The number of carbonyl (C=O) groups is 1. The number of benzene rings is 1. The second-order valence-electron chi connectivity index (χ2n) is 5.05. The topological polar surface area (TPSA) is 57.7 Å². The first-order chi connectivity index (χ1) is 9.86. The van der Waals surface area contributed by atoms with Gasteiger partial charge >= 0.3 is 0 Å². The van der Waals surface area contributed by atoms with Crippen molar-refractivity contribution in [2.24, 2.45) is 0 Å². The highest BCUT2D eigenvalue weighted by Gasteiger charge is 2.29. The van der Waals surface area contributed by atoms with Crippen molar-refractivity contribution < 1.29 is 13.2 Å². The normalized spacial score (nSPS) is 17.0. The lowest BCUT2D eigenvalue weighted by atomic mass is 10.2. The summed E-state index contributed by atoms with van der Waals surface area (Å²) >= 11 is 6.01. The van der Waals surface area contributed by atoms with Crippen LogP contribution >= 0.6 is 11.6 Å². The fraction of sp³-hybridized carbons (Fsp3) is 0.500. The van der Waals surface area contributed by atoms with Gasteiger partial charge in [0.1, 0.15) is 0 Å². The number of sulfonamides is 1. The second kappa shape index (κ2) is 6.34. The number of nitrogens with zero attached hydrogens (tertiary/aromatic N) is 2. The van der Waals surface area contributed by atoms with Gasteiger partial charge in [0.2, 0.25) is 15.9 Å². The lowest BCUT2D eigenvalue weighted by molar-refractivity contribution is -0.132. The number of carbonyl (C=O) groups excluding carboxylic acids is 1. The number of hydrogen-bond donors (Lipinski definition) is 0. The van der Waals surface area contributed by atoms with Crippen molar-refractivity contribution in [2.45, 2.75) is 25.2 Å². The predicted octanol–water partition coefficient (Wildman–Crippen LogP) is 1.89. The first-order valence-electron chi connectivity index (χ1n) is 6.90. The van der Waals surface area contributed by atoms with Gasteiger partial charge in [-0.15, -0.1) is 0 Å². The van der Waals surface area contributed by atoms with Crippen molar-refractivity contribution in [3.05, 3.63) is 28.8 Å².